The zero-order valence-corrected chi connectivity index (χ0v) is 16.2. The van der Waals surface area contributed by atoms with Crippen molar-refractivity contribution >= 4 is 56.2 Å². The van der Waals surface area contributed by atoms with E-state index in [0.29, 0.717) is 33.9 Å². The van der Waals surface area contributed by atoms with E-state index in [0.717, 1.165) is 22.9 Å². The number of hydrogen-bond acceptors (Lipinski definition) is 5. The minimum atomic E-state index is -0.169. The largest absolute Gasteiger partial charge is 0.490 e. The second-order valence-corrected chi connectivity index (χ2v) is 7.39. The molecule has 7 heteroatoms. The van der Waals surface area contributed by atoms with Crippen molar-refractivity contribution in [3.63, 3.8) is 0 Å². The Morgan fingerprint density at radius 3 is 2.74 bits per heavy atom. The minimum Gasteiger partial charge on any atom is -0.490 e. The molecule has 0 saturated carbocycles. The van der Waals surface area contributed by atoms with Gasteiger partial charge in [0.05, 0.1) is 22.6 Å². The van der Waals surface area contributed by atoms with E-state index < -0.39 is 0 Å². The lowest BCUT2D eigenvalue weighted by molar-refractivity contribution is -0.115. The Morgan fingerprint density at radius 1 is 1.35 bits per heavy atom. The number of thioether (sulfide) groups is 1. The molecule has 1 N–H and O–H groups in total. The minimum absolute atomic E-state index is 0.169. The molecule has 0 aromatic heterocycles. The van der Waals surface area contributed by atoms with Crippen LogP contribution in [0.1, 0.15) is 32.3 Å². The van der Waals surface area contributed by atoms with Gasteiger partial charge in [-0.15, -0.1) is 0 Å². The molecule has 0 radical (unpaired) electrons. The van der Waals surface area contributed by atoms with Gasteiger partial charge in [0.1, 0.15) is 4.32 Å². The van der Waals surface area contributed by atoms with Crippen LogP contribution in [0.25, 0.3) is 6.08 Å². The van der Waals surface area contributed by atoms with Crippen molar-refractivity contribution < 1.29 is 14.3 Å². The number of hydrogen-bond donors (Lipinski definition) is 1. The van der Waals surface area contributed by atoms with Crippen LogP contribution >= 0.6 is 39.9 Å². The number of ether oxygens (including phenoxy) is 2. The number of unbranched alkanes of at least 4 members (excludes halogenated alkanes) is 1. The third kappa shape index (κ3) is 4.96. The van der Waals surface area contributed by atoms with Gasteiger partial charge in [0.25, 0.3) is 5.91 Å². The van der Waals surface area contributed by atoms with E-state index in [1.54, 1.807) is 6.08 Å². The Labute approximate surface area is 154 Å². The summed E-state index contributed by atoms with van der Waals surface area (Å²) < 4.78 is 12.8. The predicted octanol–water partition coefficient (Wildman–Crippen LogP) is 4.52. The molecule has 0 atom stereocenters. The molecule has 1 saturated heterocycles. The van der Waals surface area contributed by atoms with Crippen LogP contribution < -0.4 is 14.8 Å². The average Bonchev–Trinajstić information content (AvgIpc) is 2.80. The quantitative estimate of drug-likeness (QED) is 0.403. The van der Waals surface area contributed by atoms with Gasteiger partial charge in [0.2, 0.25) is 0 Å². The van der Waals surface area contributed by atoms with Crippen molar-refractivity contribution in [2.24, 2.45) is 0 Å². The zero-order chi connectivity index (χ0) is 16.8. The van der Waals surface area contributed by atoms with Gasteiger partial charge in [-0.1, -0.05) is 37.3 Å². The fraction of sp³-hybridized carbons (Fsp3) is 0.375. The number of rotatable bonds is 7. The highest BCUT2D eigenvalue weighted by atomic mass is 79.9. The summed E-state index contributed by atoms with van der Waals surface area (Å²) in [5.74, 6) is 1.19. The molecular weight excluding hydrogens is 398 g/mol. The molecule has 4 nitrogen and oxygen atoms in total. The topological polar surface area (TPSA) is 47.6 Å². The Kier molecular flexibility index (Phi) is 6.92. The maximum Gasteiger partial charge on any atom is 0.263 e. The van der Waals surface area contributed by atoms with Gasteiger partial charge in [-0.3, -0.25) is 4.79 Å². The molecule has 0 unspecified atom stereocenters. The first kappa shape index (κ1) is 18.3. The third-order valence-corrected chi connectivity index (χ3v) is 4.77. The second kappa shape index (κ2) is 8.70. The van der Waals surface area contributed by atoms with E-state index in [1.165, 1.54) is 11.8 Å². The zero-order valence-electron chi connectivity index (χ0n) is 13.0. The van der Waals surface area contributed by atoms with Crippen LogP contribution in [-0.4, -0.2) is 23.4 Å². The van der Waals surface area contributed by atoms with Gasteiger partial charge in [0.15, 0.2) is 11.5 Å². The Hall–Kier alpha value is -1.05. The summed E-state index contributed by atoms with van der Waals surface area (Å²) in [5.41, 5.74) is 0.852. The number of halogens is 1. The first-order chi connectivity index (χ1) is 11.0. The second-order valence-electron chi connectivity index (χ2n) is 4.82. The standard InChI is InChI=1S/C16H18BrNO3S2/c1-3-5-6-21-14-11(17)7-10(8-12(14)20-4-2)9-13-15(19)18-16(22)23-13/h7-9H,3-6H2,1-2H3,(H,18,19,22)/b13-9-. The van der Waals surface area contributed by atoms with E-state index in [4.69, 9.17) is 21.7 Å². The van der Waals surface area contributed by atoms with Gasteiger partial charge in [-0.25, -0.2) is 0 Å². The number of carbonyl (C=O) groups is 1. The molecule has 1 aromatic carbocycles. The van der Waals surface area contributed by atoms with Crippen molar-refractivity contribution in [2.45, 2.75) is 26.7 Å². The first-order valence-corrected chi connectivity index (χ1v) is 9.41. The summed E-state index contributed by atoms with van der Waals surface area (Å²) in [6.45, 7) is 5.22. The van der Waals surface area contributed by atoms with Crippen LogP contribution in [-0.2, 0) is 4.79 Å². The highest BCUT2D eigenvalue weighted by Crippen LogP contribution is 2.38. The van der Waals surface area contributed by atoms with E-state index >= 15 is 0 Å². The first-order valence-electron chi connectivity index (χ1n) is 7.39. The normalized spacial score (nSPS) is 15.9. The third-order valence-electron chi connectivity index (χ3n) is 3.02. The summed E-state index contributed by atoms with van der Waals surface area (Å²) >= 11 is 9.79. The van der Waals surface area contributed by atoms with E-state index in [-0.39, 0.29) is 5.91 Å². The maximum atomic E-state index is 11.8. The van der Waals surface area contributed by atoms with Gasteiger partial charge in [-0.05, 0) is 53.0 Å². The molecule has 0 bridgehead atoms. The summed E-state index contributed by atoms with van der Waals surface area (Å²) in [4.78, 5) is 12.3. The van der Waals surface area contributed by atoms with Crippen LogP contribution in [0.5, 0.6) is 11.5 Å². The molecule has 1 amide bonds. The Morgan fingerprint density at radius 2 is 2.13 bits per heavy atom. The SMILES string of the molecule is CCCCOc1c(Br)cc(/C=C2\SC(=S)NC2=O)cc1OCC. The van der Waals surface area contributed by atoms with Gasteiger partial charge >= 0.3 is 0 Å². The highest BCUT2D eigenvalue weighted by Gasteiger charge is 2.22. The molecule has 1 aliphatic rings. The van der Waals surface area contributed by atoms with Crippen LogP contribution in [0.3, 0.4) is 0 Å². The monoisotopic (exact) mass is 415 g/mol. The van der Waals surface area contributed by atoms with Gasteiger partial charge < -0.3 is 14.8 Å². The molecule has 0 aliphatic carbocycles. The van der Waals surface area contributed by atoms with Gasteiger partial charge in [-0.2, -0.15) is 0 Å². The van der Waals surface area contributed by atoms with Crippen LogP contribution in [0.4, 0.5) is 0 Å². The molecule has 1 fully saturated rings. The number of carbonyl (C=O) groups excluding carboxylic acids is 1. The van der Waals surface area contributed by atoms with E-state index in [1.807, 2.05) is 19.1 Å². The lowest BCUT2D eigenvalue weighted by atomic mass is 10.2. The van der Waals surface area contributed by atoms with Crippen molar-refractivity contribution in [3.8, 4) is 11.5 Å². The van der Waals surface area contributed by atoms with Crippen molar-refractivity contribution in [1.82, 2.24) is 5.32 Å². The summed E-state index contributed by atoms with van der Waals surface area (Å²) in [5, 5.41) is 2.61. The molecule has 0 spiro atoms. The fourth-order valence-corrected chi connectivity index (χ4v) is 3.58. The smallest absolute Gasteiger partial charge is 0.263 e. The molecule has 124 valence electrons. The lowest BCUT2D eigenvalue weighted by Gasteiger charge is -2.14. The molecule has 1 aromatic rings. The molecule has 2 rings (SSSR count). The average molecular weight is 416 g/mol. The Balaban J connectivity index is 2.30. The number of thiocarbonyl (C=S) groups is 1. The predicted molar refractivity (Wildman–Crippen MR) is 102 cm³/mol. The van der Waals surface area contributed by atoms with Crippen LogP contribution in [0, 0.1) is 0 Å². The van der Waals surface area contributed by atoms with E-state index in [9.17, 15) is 4.79 Å². The van der Waals surface area contributed by atoms with Crippen molar-refractivity contribution in [2.75, 3.05) is 13.2 Å². The fourth-order valence-electron chi connectivity index (χ4n) is 1.97. The molecule has 1 aliphatic heterocycles. The molecule has 1 heterocycles. The van der Waals surface area contributed by atoms with Gasteiger partial charge in [0, 0.05) is 0 Å². The lowest BCUT2D eigenvalue weighted by Crippen LogP contribution is -2.17. The molecule has 23 heavy (non-hydrogen) atoms. The highest BCUT2D eigenvalue weighted by molar-refractivity contribution is 9.10. The number of nitrogens with one attached hydrogen (secondary N) is 1. The summed E-state index contributed by atoms with van der Waals surface area (Å²) in [7, 11) is 0. The number of amides is 1. The van der Waals surface area contributed by atoms with Crippen molar-refractivity contribution in [1.29, 1.82) is 0 Å². The Bertz CT molecular complexity index is 646. The van der Waals surface area contributed by atoms with Crippen LogP contribution in [0.2, 0.25) is 0 Å². The maximum absolute atomic E-state index is 11.8. The van der Waals surface area contributed by atoms with E-state index in [2.05, 4.69) is 28.2 Å². The number of benzene rings is 1. The summed E-state index contributed by atoms with van der Waals surface area (Å²) in [6, 6.07) is 3.78. The van der Waals surface area contributed by atoms with Crippen LogP contribution in [0.15, 0.2) is 21.5 Å². The van der Waals surface area contributed by atoms with Crippen molar-refractivity contribution in [3.05, 3.63) is 27.1 Å². The molecular formula is C16H18BrNO3S2. The summed E-state index contributed by atoms with van der Waals surface area (Å²) in [6.07, 6.45) is 3.85.